The summed E-state index contributed by atoms with van der Waals surface area (Å²) in [6.45, 7) is 1.70. The summed E-state index contributed by atoms with van der Waals surface area (Å²) in [4.78, 5) is 20.5. The molecule has 0 atom stereocenters. The van der Waals surface area contributed by atoms with Gasteiger partial charge in [-0.2, -0.15) is 0 Å². The minimum Gasteiger partial charge on any atom is -0.338 e. The normalized spacial score (nSPS) is 18.9. The summed E-state index contributed by atoms with van der Waals surface area (Å²) >= 11 is 1.66. The highest BCUT2D eigenvalue weighted by molar-refractivity contribution is 7.12. The van der Waals surface area contributed by atoms with E-state index in [0.717, 1.165) is 49.5 Å². The number of aromatic nitrogens is 2. The Labute approximate surface area is 141 Å². The third-order valence-electron chi connectivity index (χ3n) is 5.30. The van der Waals surface area contributed by atoms with E-state index in [1.165, 1.54) is 24.0 Å². The van der Waals surface area contributed by atoms with Crippen molar-refractivity contribution in [3.05, 3.63) is 39.6 Å². The molecule has 1 amide bonds. The summed E-state index contributed by atoms with van der Waals surface area (Å²) in [7, 11) is 2.05. The summed E-state index contributed by atoms with van der Waals surface area (Å²) in [5, 5.41) is 2.21. The first kappa shape index (κ1) is 14.9. The van der Waals surface area contributed by atoms with Crippen LogP contribution in [0.2, 0.25) is 0 Å². The van der Waals surface area contributed by atoms with Crippen molar-refractivity contribution in [2.75, 3.05) is 13.1 Å². The van der Waals surface area contributed by atoms with Crippen molar-refractivity contribution < 1.29 is 4.79 Å². The van der Waals surface area contributed by atoms with Crippen LogP contribution in [-0.2, 0) is 19.9 Å². The van der Waals surface area contributed by atoms with Crippen LogP contribution in [0.1, 0.15) is 58.2 Å². The second kappa shape index (κ2) is 6.11. The van der Waals surface area contributed by atoms with Gasteiger partial charge in [-0.1, -0.05) is 0 Å². The van der Waals surface area contributed by atoms with Gasteiger partial charge in [-0.25, -0.2) is 4.98 Å². The van der Waals surface area contributed by atoms with Crippen molar-refractivity contribution in [3.63, 3.8) is 0 Å². The molecule has 0 radical (unpaired) electrons. The number of nitrogens with zero attached hydrogens (tertiary/aromatic N) is 3. The highest BCUT2D eigenvalue weighted by Crippen LogP contribution is 2.33. The van der Waals surface area contributed by atoms with E-state index < -0.39 is 0 Å². The predicted molar refractivity (Wildman–Crippen MR) is 92.0 cm³/mol. The second-order valence-corrected chi connectivity index (χ2v) is 7.62. The summed E-state index contributed by atoms with van der Waals surface area (Å²) < 4.78 is 2.11. The van der Waals surface area contributed by atoms with Gasteiger partial charge in [0.15, 0.2) is 0 Å². The number of carbonyl (C=O) groups excluding carboxylic acids is 1. The molecule has 4 nitrogen and oxygen atoms in total. The van der Waals surface area contributed by atoms with Crippen LogP contribution in [0.4, 0.5) is 0 Å². The monoisotopic (exact) mass is 329 g/mol. The third-order valence-corrected chi connectivity index (χ3v) is 6.36. The van der Waals surface area contributed by atoms with Crippen LogP contribution in [0.5, 0.6) is 0 Å². The van der Waals surface area contributed by atoms with E-state index in [9.17, 15) is 4.79 Å². The lowest BCUT2D eigenvalue weighted by atomic mass is 9.92. The number of aryl methyl sites for hydroxylation is 2. The summed E-state index contributed by atoms with van der Waals surface area (Å²) in [6, 6.07) is 0. The first-order valence-corrected chi connectivity index (χ1v) is 9.47. The number of fused-ring (bicyclic) bond motifs is 1. The fourth-order valence-corrected chi connectivity index (χ4v) is 5.08. The lowest BCUT2D eigenvalue weighted by Gasteiger charge is -2.31. The lowest BCUT2D eigenvalue weighted by Crippen LogP contribution is -2.38. The standard InChI is InChI=1S/C18H23N3OS/c1-20-11-8-19-17(20)13-6-9-21(10-7-13)18(22)16-15-5-3-2-4-14(15)12-23-16/h8,11-13H,2-7,9-10H2,1H3. The number of hydrogen-bond acceptors (Lipinski definition) is 3. The Morgan fingerprint density at radius 1 is 1.26 bits per heavy atom. The van der Waals surface area contributed by atoms with E-state index in [4.69, 9.17) is 0 Å². The van der Waals surface area contributed by atoms with Crippen molar-refractivity contribution in [2.45, 2.75) is 44.4 Å². The molecule has 1 aliphatic carbocycles. The zero-order chi connectivity index (χ0) is 15.8. The zero-order valence-electron chi connectivity index (χ0n) is 13.6. The third kappa shape index (κ3) is 2.71. The first-order chi connectivity index (χ1) is 11.2. The number of piperidine rings is 1. The quantitative estimate of drug-likeness (QED) is 0.847. The molecule has 0 saturated carbocycles. The first-order valence-electron chi connectivity index (χ1n) is 8.60. The van der Waals surface area contributed by atoms with Gasteiger partial charge in [-0.3, -0.25) is 4.79 Å². The largest absolute Gasteiger partial charge is 0.338 e. The molecule has 4 rings (SSSR count). The number of rotatable bonds is 2. The topological polar surface area (TPSA) is 38.1 Å². The highest BCUT2D eigenvalue weighted by Gasteiger charge is 2.29. The number of carbonyl (C=O) groups is 1. The Morgan fingerprint density at radius 3 is 2.78 bits per heavy atom. The molecule has 0 spiro atoms. The Morgan fingerprint density at radius 2 is 2.04 bits per heavy atom. The average Bonchev–Trinajstić information content (AvgIpc) is 3.20. The Bertz CT molecular complexity index is 710. The molecule has 0 aromatic carbocycles. The van der Waals surface area contributed by atoms with Crippen LogP contribution in [0.3, 0.4) is 0 Å². The fraction of sp³-hybridized carbons (Fsp3) is 0.556. The molecule has 1 saturated heterocycles. The highest BCUT2D eigenvalue weighted by atomic mass is 32.1. The molecule has 3 heterocycles. The number of imidazole rings is 1. The smallest absolute Gasteiger partial charge is 0.264 e. The van der Waals surface area contributed by atoms with E-state index in [-0.39, 0.29) is 5.91 Å². The van der Waals surface area contributed by atoms with Crippen LogP contribution in [0, 0.1) is 0 Å². The minimum atomic E-state index is 0.261. The van der Waals surface area contributed by atoms with Crippen LogP contribution < -0.4 is 0 Å². The average molecular weight is 329 g/mol. The van der Waals surface area contributed by atoms with E-state index >= 15 is 0 Å². The maximum atomic E-state index is 12.9. The van der Waals surface area contributed by atoms with E-state index in [1.807, 2.05) is 12.4 Å². The molecule has 2 aliphatic rings. The van der Waals surface area contributed by atoms with Gasteiger partial charge in [0.05, 0.1) is 4.88 Å². The SMILES string of the molecule is Cn1ccnc1C1CCN(C(=O)c2scc3c2CCCC3)CC1. The molecule has 0 N–H and O–H groups in total. The Balaban J connectivity index is 1.45. The van der Waals surface area contributed by atoms with Crippen molar-refractivity contribution in [1.82, 2.24) is 14.5 Å². The molecular formula is C18H23N3OS. The summed E-state index contributed by atoms with van der Waals surface area (Å²) in [6.07, 6.45) is 10.6. The maximum Gasteiger partial charge on any atom is 0.264 e. The number of likely N-dealkylation sites (tertiary alicyclic amines) is 1. The van der Waals surface area contributed by atoms with E-state index in [0.29, 0.717) is 5.92 Å². The van der Waals surface area contributed by atoms with Gasteiger partial charge in [-0.15, -0.1) is 11.3 Å². The lowest BCUT2D eigenvalue weighted by molar-refractivity contribution is 0.0714. The van der Waals surface area contributed by atoms with Gasteiger partial charge in [0, 0.05) is 38.4 Å². The van der Waals surface area contributed by atoms with E-state index in [2.05, 4.69) is 26.9 Å². The van der Waals surface area contributed by atoms with Crippen molar-refractivity contribution in [2.24, 2.45) is 7.05 Å². The zero-order valence-corrected chi connectivity index (χ0v) is 14.4. The summed E-state index contributed by atoms with van der Waals surface area (Å²) in [5.41, 5.74) is 2.77. The van der Waals surface area contributed by atoms with Crippen molar-refractivity contribution in [3.8, 4) is 0 Å². The number of hydrogen-bond donors (Lipinski definition) is 0. The predicted octanol–water partition coefficient (Wildman–Crippen LogP) is 3.38. The molecule has 5 heteroatoms. The minimum absolute atomic E-state index is 0.261. The van der Waals surface area contributed by atoms with Crippen molar-refractivity contribution >= 4 is 17.2 Å². The molecular weight excluding hydrogens is 306 g/mol. The molecule has 2 aromatic heterocycles. The molecule has 0 unspecified atom stereocenters. The summed E-state index contributed by atoms with van der Waals surface area (Å²) in [5.74, 6) is 1.90. The molecule has 1 aliphatic heterocycles. The van der Waals surface area contributed by atoms with Gasteiger partial charge in [0.2, 0.25) is 0 Å². The van der Waals surface area contributed by atoms with Crippen LogP contribution in [0.25, 0.3) is 0 Å². The maximum absolute atomic E-state index is 12.9. The van der Waals surface area contributed by atoms with Gasteiger partial charge in [0.25, 0.3) is 5.91 Å². The van der Waals surface area contributed by atoms with Gasteiger partial charge in [-0.05, 0) is 55.0 Å². The van der Waals surface area contributed by atoms with E-state index in [1.54, 1.807) is 11.3 Å². The second-order valence-electron chi connectivity index (χ2n) is 6.74. The molecule has 2 aromatic rings. The van der Waals surface area contributed by atoms with Crippen LogP contribution in [0.15, 0.2) is 17.8 Å². The Kier molecular flexibility index (Phi) is 3.97. The molecule has 23 heavy (non-hydrogen) atoms. The van der Waals surface area contributed by atoms with Crippen molar-refractivity contribution in [1.29, 1.82) is 0 Å². The molecule has 0 bridgehead atoms. The van der Waals surface area contributed by atoms with Crippen LogP contribution in [-0.4, -0.2) is 33.4 Å². The van der Waals surface area contributed by atoms with Gasteiger partial charge < -0.3 is 9.47 Å². The Hall–Kier alpha value is -1.62. The molecule has 1 fully saturated rings. The van der Waals surface area contributed by atoms with Gasteiger partial charge in [0.1, 0.15) is 5.82 Å². The number of amides is 1. The van der Waals surface area contributed by atoms with Gasteiger partial charge >= 0.3 is 0 Å². The molecule has 122 valence electrons. The number of thiophene rings is 1. The fourth-order valence-electron chi connectivity index (χ4n) is 3.95. The van der Waals surface area contributed by atoms with Crippen LogP contribution >= 0.6 is 11.3 Å².